The van der Waals surface area contributed by atoms with Crippen LogP contribution in [0.1, 0.15) is 12.8 Å². The quantitative estimate of drug-likeness (QED) is 0.642. The second kappa shape index (κ2) is 4.78. The van der Waals surface area contributed by atoms with Gasteiger partial charge in [0, 0.05) is 40.0 Å². The Hall–Kier alpha value is -0.170. The van der Waals surface area contributed by atoms with Crippen LogP contribution in [0.4, 0.5) is 0 Å². The van der Waals surface area contributed by atoms with E-state index < -0.39 is 10.2 Å². The molecule has 15 heavy (non-hydrogen) atoms. The van der Waals surface area contributed by atoms with E-state index in [0.717, 1.165) is 25.9 Å². The maximum atomic E-state index is 11.9. The van der Waals surface area contributed by atoms with Gasteiger partial charge in [-0.3, -0.25) is 0 Å². The van der Waals surface area contributed by atoms with E-state index in [1.165, 1.54) is 13.5 Å². The highest BCUT2D eigenvalue weighted by atomic mass is 32.2. The highest BCUT2D eigenvalue weighted by Crippen LogP contribution is 2.13. The number of quaternary nitrogens is 1. The number of hydrogen-bond acceptors (Lipinski definition) is 2. The third kappa shape index (κ3) is 2.90. The number of rotatable bonds is 3. The number of nitrogens with one attached hydrogen (secondary N) is 1. The van der Waals surface area contributed by atoms with E-state index in [2.05, 4.69) is 7.05 Å². The maximum Gasteiger partial charge on any atom is 0.281 e. The van der Waals surface area contributed by atoms with Gasteiger partial charge in [0.2, 0.25) is 0 Å². The normalized spacial score (nSPS) is 28.7. The molecule has 0 aromatic heterocycles. The smallest absolute Gasteiger partial charge is 0.281 e. The minimum Gasteiger partial charge on any atom is -0.337 e. The molecule has 0 aromatic carbocycles. The van der Waals surface area contributed by atoms with Crippen LogP contribution in [-0.4, -0.2) is 64.4 Å². The summed E-state index contributed by atoms with van der Waals surface area (Å²) in [5, 5.41) is 0. The Bertz CT molecular complexity index is 294. The van der Waals surface area contributed by atoms with Crippen LogP contribution in [0.3, 0.4) is 0 Å². The minimum atomic E-state index is -3.24. The van der Waals surface area contributed by atoms with Crippen LogP contribution in [0, 0.1) is 0 Å². The lowest BCUT2D eigenvalue weighted by Gasteiger charge is -2.33. The molecule has 90 valence electrons. The van der Waals surface area contributed by atoms with Crippen LogP contribution >= 0.6 is 0 Å². The van der Waals surface area contributed by atoms with Crippen molar-refractivity contribution in [2.24, 2.45) is 0 Å². The van der Waals surface area contributed by atoms with E-state index in [-0.39, 0.29) is 6.04 Å². The van der Waals surface area contributed by atoms with Crippen molar-refractivity contribution in [2.75, 3.05) is 41.3 Å². The molecule has 6 heteroatoms. The molecule has 0 spiro atoms. The Morgan fingerprint density at radius 2 is 1.60 bits per heavy atom. The molecule has 0 atom stereocenters. The Balaban J connectivity index is 2.65. The first-order valence-corrected chi connectivity index (χ1v) is 6.72. The van der Waals surface area contributed by atoms with Gasteiger partial charge in [-0.1, -0.05) is 0 Å². The average molecular weight is 236 g/mol. The first-order valence-electron chi connectivity index (χ1n) is 5.32. The van der Waals surface area contributed by atoms with Crippen molar-refractivity contribution in [3.63, 3.8) is 0 Å². The van der Waals surface area contributed by atoms with Crippen molar-refractivity contribution in [3.8, 4) is 0 Å². The average Bonchev–Trinajstić information content (AvgIpc) is 2.17. The van der Waals surface area contributed by atoms with Gasteiger partial charge in [0.05, 0.1) is 20.1 Å². The van der Waals surface area contributed by atoms with Crippen molar-refractivity contribution in [1.29, 1.82) is 0 Å². The molecule has 1 fully saturated rings. The van der Waals surface area contributed by atoms with Crippen LogP contribution in [0.2, 0.25) is 0 Å². The van der Waals surface area contributed by atoms with Crippen LogP contribution in [0.15, 0.2) is 0 Å². The van der Waals surface area contributed by atoms with E-state index in [1.807, 2.05) is 0 Å². The summed E-state index contributed by atoms with van der Waals surface area (Å²) in [7, 11) is 3.74. The topological polar surface area (TPSA) is 45.1 Å². The first-order chi connectivity index (χ1) is 6.85. The fourth-order valence-corrected chi connectivity index (χ4v) is 3.01. The second-order valence-corrected chi connectivity index (χ2v) is 6.70. The minimum absolute atomic E-state index is 0.168. The summed E-state index contributed by atoms with van der Waals surface area (Å²) in [5.74, 6) is 0. The van der Waals surface area contributed by atoms with Gasteiger partial charge < -0.3 is 4.90 Å². The molecule has 0 bridgehead atoms. The van der Waals surface area contributed by atoms with Crippen molar-refractivity contribution < 1.29 is 13.3 Å². The van der Waals surface area contributed by atoms with Crippen LogP contribution in [0.25, 0.3) is 0 Å². The highest BCUT2D eigenvalue weighted by Gasteiger charge is 2.31. The summed E-state index contributed by atoms with van der Waals surface area (Å²) >= 11 is 0. The lowest BCUT2D eigenvalue weighted by Crippen LogP contribution is -3.10. The van der Waals surface area contributed by atoms with Gasteiger partial charge in [-0.15, -0.1) is 0 Å². The van der Waals surface area contributed by atoms with Crippen molar-refractivity contribution >= 4 is 10.2 Å². The fraction of sp³-hybridized carbons (Fsp3) is 1.00. The number of hydrogen-bond donors (Lipinski definition) is 1. The molecule has 0 unspecified atom stereocenters. The van der Waals surface area contributed by atoms with Crippen molar-refractivity contribution in [1.82, 2.24) is 8.61 Å². The van der Waals surface area contributed by atoms with Gasteiger partial charge in [-0.2, -0.15) is 17.0 Å². The van der Waals surface area contributed by atoms with E-state index in [9.17, 15) is 8.42 Å². The third-order valence-electron chi connectivity index (χ3n) is 3.15. The second-order valence-electron chi connectivity index (χ2n) is 4.49. The number of likely N-dealkylation sites (tertiary alicyclic amines) is 1. The molecule has 0 saturated carbocycles. The molecule has 1 saturated heterocycles. The summed E-state index contributed by atoms with van der Waals surface area (Å²) in [6, 6.07) is 0.168. The molecule has 1 aliphatic rings. The molecule has 1 heterocycles. The predicted octanol–water partition coefficient (Wildman–Crippen LogP) is -1.60. The van der Waals surface area contributed by atoms with Gasteiger partial charge in [-0.25, -0.2) is 0 Å². The molecule has 0 amide bonds. The molecular weight excluding hydrogens is 214 g/mol. The Morgan fingerprint density at radius 3 is 2.00 bits per heavy atom. The highest BCUT2D eigenvalue weighted by molar-refractivity contribution is 7.86. The maximum absolute atomic E-state index is 11.9. The summed E-state index contributed by atoms with van der Waals surface area (Å²) < 4.78 is 26.5. The van der Waals surface area contributed by atoms with Gasteiger partial charge in [0.25, 0.3) is 10.2 Å². The summed E-state index contributed by atoms with van der Waals surface area (Å²) in [4.78, 5) is 1.49. The van der Waals surface area contributed by atoms with E-state index in [0.29, 0.717) is 0 Å². The van der Waals surface area contributed by atoms with E-state index >= 15 is 0 Å². The van der Waals surface area contributed by atoms with Crippen molar-refractivity contribution in [3.05, 3.63) is 0 Å². The van der Waals surface area contributed by atoms with Crippen molar-refractivity contribution in [2.45, 2.75) is 18.9 Å². The Morgan fingerprint density at radius 1 is 1.13 bits per heavy atom. The fourth-order valence-electron chi connectivity index (χ4n) is 1.90. The van der Waals surface area contributed by atoms with Gasteiger partial charge in [-0.05, 0) is 0 Å². The standard InChI is InChI=1S/C9H21N3O2S/c1-10(2)15(13,14)12(4)9-5-7-11(3)8-6-9/h9H,5-8H2,1-4H3/p+1. The zero-order chi connectivity index (χ0) is 11.6. The molecule has 0 radical (unpaired) electrons. The summed E-state index contributed by atoms with van der Waals surface area (Å²) in [6.45, 7) is 2.11. The molecular formula is C9H22N3O2S+. The third-order valence-corrected chi connectivity index (χ3v) is 5.10. The molecule has 0 aliphatic carbocycles. The van der Waals surface area contributed by atoms with E-state index in [1.54, 1.807) is 21.1 Å². The first kappa shape index (κ1) is 12.9. The van der Waals surface area contributed by atoms with Crippen LogP contribution in [-0.2, 0) is 10.2 Å². The SMILES string of the molecule is CN(C)S(=O)(=O)N(C)C1CC[NH+](C)CC1. The molecule has 5 nitrogen and oxygen atoms in total. The Labute approximate surface area is 92.8 Å². The van der Waals surface area contributed by atoms with E-state index in [4.69, 9.17) is 0 Å². The molecule has 0 aromatic rings. The largest absolute Gasteiger partial charge is 0.337 e. The zero-order valence-corrected chi connectivity index (χ0v) is 10.8. The molecule has 1 rings (SSSR count). The number of piperidine rings is 1. The zero-order valence-electron chi connectivity index (χ0n) is 10.0. The molecule has 1 aliphatic heterocycles. The predicted molar refractivity (Wildman–Crippen MR) is 60.0 cm³/mol. The van der Waals surface area contributed by atoms with Gasteiger partial charge in [0.1, 0.15) is 0 Å². The Kier molecular flexibility index (Phi) is 4.11. The van der Waals surface area contributed by atoms with Crippen LogP contribution < -0.4 is 4.90 Å². The molecule has 1 N–H and O–H groups in total. The van der Waals surface area contributed by atoms with Gasteiger partial charge >= 0.3 is 0 Å². The van der Waals surface area contributed by atoms with Crippen LogP contribution in [0.5, 0.6) is 0 Å². The summed E-state index contributed by atoms with van der Waals surface area (Å²) in [6.07, 6.45) is 1.91. The number of nitrogens with zero attached hydrogens (tertiary/aromatic N) is 2. The monoisotopic (exact) mass is 236 g/mol. The summed E-state index contributed by atoms with van der Waals surface area (Å²) in [5.41, 5.74) is 0. The lowest BCUT2D eigenvalue weighted by molar-refractivity contribution is -0.885. The lowest BCUT2D eigenvalue weighted by atomic mass is 10.1. The van der Waals surface area contributed by atoms with Gasteiger partial charge in [0.15, 0.2) is 0 Å².